The Morgan fingerprint density at radius 1 is 1.03 bits per heavy atom. The fraction of sp³-hybridized carbons (Fsp3) is 0.387. The molecule has 38 heavy (non-hydrogen) atoms. The summed E-state index contributed by atoms with van der Waals surface area (Å²) in [5, 5.41) is 12.1. The summed E-state index contributed by atoms with van der Waals surface area (Å²) in [5.41, 5.74) is 9.66. The number of carbonyl (C=O) groups excluding carboxylic acids is 1. The number of anilines is 1. The van der Waals surface area contributed by atoms with Crippen LogP contribution in [0.25, 0.3) is 0 Å². The molecule has 2 aliphatic rings. The van der Waals surface area contributed by atoms with Crippen molar-refractivity contribution in [2.24, 2.45) is 5.92 Å². The Labute approximate surface area is 224 Å². The van der Waals surface area contributed by atoms with E-state index in [9.17, 15) is 4.79 Å². The summed E-state index contributed by atoms with van der Waals surface area (Å²) < 4.78 is 6.15. The Kier molecular flexibility index (Phi) is 8.03. The van der Waals surface area contributed by atoms with Gasteiger partial charge in [0, 0.05) is 41.7 Å². The van der Waals surface area contributed by atoms with Crippen LogP contribution in [-0.4, -0.2) is 47.7 Å². The number of carbonyl (C=O) groups is 1. The van der Waals surface area contributed by atoms with Crippen molar-refractivity contribution in [1.82, 2.24) is 15.2 Å². The first kappa shape index (κ1) is 25.9. The summed E-state index contributed by atoms with van der Waals surface area (Å²) in [6, 6.07) is 18.4. The van der Waals surface area contributed by atoms with Gasteiger partial charge in [-0.3, -0.25) is 15.2 Å². The zero-order valence-electron chi connectivity index (χ0n) is 22.0. The van der Waals surface area contributed by atoms with E-state index in [-0.39, 0.29) is 23.8 Å². The molecular formula is C31H37N5O2. The SMILES string of the molecule is CN1CCC(Oc2ccc(C(=N)c3cc(C(=O)NC(c4ccccn4)C4CCCC4)ccc3N)cc2)CC1. The first-order valence-electron chi connectivity index (χ1n) is 13.6. The predicted octanol–water partition coefficient (Wildman–Crippen LogP) is 5.21. The average molecular weight is 512 g/mol. The van der Waals surface area contributed by atoms with Gasteiger partial charge in [0.1, 0.15) is 11.9 Å². The van der Waals surface area contributed by atoms with Gasteiger partial charge in [0.25, 0.3) is 5.91 Å². The lowest BCUT2D eigenvalue weighted by atomic mass is 9.94. The molecule has 5 rings (SSSR count). The maximum Gasteiger partial charge on any atom is 0.251 e. The Bertz CT molecular complexity index is 1250. The molecule has 2 aromatic carbocycles. The van der Waals surface area contributed by atoms with Crippen LogP contribution < -0.4 is 15.8 Å². The number of pyridine rings is 1. The predicted molar refractivity (Wildman–Crippen MR) is 151 cm³/mol. The molecule has 0 bridgehead atoms. The first-order chi connectivity index (χ1) is 18.5. The molecule has 7 heteroatoms. The lowest BCUT2D eigenvalue weighted by molar-refractivity contribution is 0.0920. The van der Waals surface area contributed by atoms with Crippen molar-refractivity contribution in [3.8, 4) is 5.75 Å². The summed E-state index contributed by atoms with van der Waals surface area (Å²) in [4.78, 5) is 20.2. The number of piperidine rings is 1. The topological polar surface area (TPSA) is 104 Å². The molecule has 1 unspecified atom stereocenters. The molecule has 1 aliphatic heterocycles. The minimum absolute atomic E-state index is 0.135. The maximum atomic E-state index is 13.4. The second-order valence-electron chi connectivity index (χ2n) is 10.6. The smallest absolute Gasteiger partial charge is 0.251 e. The number of nitrogens with zero attached hydrogens (tertiary/aromatic N) is 2. The molecule has 0 spiro atoms. The van der Waals surface area contributed by atoms with Crippen molar-refractivity contribution in [3.63, 3.8) is 0 Å². The number of nitrogen functional groups attached to an aromatic ring is 1. The molecule has 1 aliphatic carbocycles. The van der Waals surface area contributed by atoms with E-state index in [1.54, 1.807) is 24.4 Å². The number of likely N-dealkylation sites (tertiary alicyclic amines) is 1. The van der Waals surface area contributed by atoms with Gasteiger partial charge in [-0.15, -0.1) is 0 Å². The molecule has 2 heterocycles. The molecule has 1 atom stereocenters. The standard InChI is InChI=1S/C31H37N5O2/c1-36-18-15-25(16-19-36)38-24-12-9-21(10-13-24)29(33)26-20-23(11-14-27(26)32)31(37)35-30(22-6-2-3-7-22)28-8-4-5-17-34-28/h4-5,8-14,17,20,22,25,30,33H,2-3,6-7,15-16,18-19,32H2,1H3,(H,35,37). The summed E-state index contributed by atoms with van der Waals surface area (Å²) in [7, 11) is 2.13. The van der Waals surface area contributed by atoms with Crippen LogP contribution >= 0.6 is 0 Å². The zero-order chi connectivity index (χ0) is 26.5. The van der Waals surface area contributed by atoms with Crippen LogP contribution in [0.2, 0.25) is 0 Å². The summed E-state index contributed by atoms with van der Waals surface area (Å²) in [6.45, 7) is 2.08. The molecule has 7 nitrogen and oxygen atoms in total. The summed E-state index contributed by atoms with van der Waals surface area (Å²) in [6.07, 6.45) is 8.54. The number of nitrogens with one attached hydrogen (secondary N) is 2. The molecular weight excluding hydrogens is 474 g/mol. The van der Waals surface area contributed by atoms with Crippen molar-refractivity contribution in [3.05, 3.63) is 89.2 Å². The molecule has 198 valence electrons. The largest absolute Gasteiger partial charge is 0.490 e. The Hall–Kier alpha value is -3.71. The van der Waals surface area contributed by atoms with Crippen LogP contribution in [0.15, 0.2) is 66.9 Å². The molecule has 0 radical (unpaired) electrons. The third-order valence-corrected chi connectivity index (χ3v) is 7.86. The van der Waals surface area contributed by atoms with Crippen molar-refractivity contribution in [1.29, 1.82) is 5.41 Å². The number of rotatable bonds is 8. The first-order valence-corrected chi connectivity index (χ1v) is 13.6. The summed E-state index contributed by atoms with van der Waals surface area (Å²) in [5.74, 6) is 1.00. The van der Waals surface area contributed by atoms with E-state index < -0.39 is 0 Å². The Morgan fingerprint density at radius 3 is 2.42 bits per heavy atom. The highest BCUT2D eigenvalue weighted by Gasteiger charge is 2.29. The van der Waals surface area contributed by atoms with Gasteiger partial charge in [-0.05, 0) is 93.2 Å². The molecule has 1 aromatic heterocycles. The van der Waals surface area contributed by atoms with Gasteiger partial charge >= 0.3 is 0 Å². The number of nitrogens with two attached hydrogens (primary N) is 1. The molecule has 1 saturated carbocycles. The van der Waals surface area contributed by atoms with E-state index in [1.807, 2.05) is 42.5 Å². The Morgan fingerprint density at radius 2 is 1.74 bits per heavy atom. The van der Waals surface area contributed by atoms with Crippen molar-refractivity contribution in [2.45, 2.75) is 50.7 Å². The highest BCUT2D eigenvalue weighted by Crippen LogP contribution is 2.35. The molecule has 3 aromatic rings. The minimum atomic E-state index is -0.177. The van der Waals surface area contributed by atoms with Gasteiger partial charge < -0.3 is 20.7 Å². The maximum absolute atomic E-state index is 13.4. The van der Waals surface area contributed by atoms with Crippen LogP contribution in [0.1, 0.15) is 71.7 Å². The van der Waals surface area contributed by atoms with Gasteiger partial charge in [0.2, 0.25) is 0 Å². The van der Waals surface area contributed by atoms with E-state index in [4.69, 9.17) is 15.9 Å². The van der Waals surface area contributed by atoms with Crippen molar-refractivity contribution >= 4 is 17.3 Å². The second kappa shape index (κ2) is 11.8. The minimum Gasteiger partial charge on any atom is -0.490 e. The van der Waals surface area contributed by atoms with Gasteiger partial charge in [0.05, 0.1) is 17.4 Å². The van der Waals surface area contributed by atoms with Crippen molar-refractivity contribution < 1.29 is 9.53 Å². The summed E-state index contributed by atoms with van der Waals surface area (Å²) >= 11 is 0. The van der Waals surface area contributed by atoms with Crippen LogP contribution in [0.5, 0.6) is 5.75 Å². The molecule has 4 N–H and O–H groups in total. The third kappa shape index (κ3) is 6.05. The van der Waals surface area contributed by atoms with Crippen LogP contribution in [0.4, 0.5) is 5.69 Å². The number of hydrogen-bond acceptors (Lipinski definition) is 6. The third-order valence-electron chi connectivity index (χ3n) is 7.86. The second-order valence-corrected chi connectivity index (χ2v) is 10.6. The number of hydrogen-bond donors (Lipinski definition) is 3. The number of amides is 1. The Balaban J connectivity index is 1.30. The lowest BCUT2D eigenvalue weighted by Crippen LogP contribution is -2.35. The quantitative estimate of drug-likeness (QED) is 0.284. The van der Waals surface area contributed by atoms with Gasteiger partial charge in [-0.2, -0.15) is 0 Å². The van der Waals surface area contributed by atoms with E-state index in [1.165, 1.54) is 12.8 Å². The highest BCUT2D eigenvalue weighted by atomic mass is 16.5. The fourth-order valence-electron chi connectivity index (χ4n) is 5.57. The number of ether oxygens (including phenoxy) is 1. The fourth-order valence-corrected chi connectivity index (χ4v) is 5.57. The van der Waals surface area contributed by atoms with Crippen LogP contribution in [-0.2, 0) is 0 Å². The van der Waals surface area contributed by atoms with Gasteiger partial charge in [-0.1, -0.05) is 18.9 Å². The van der Waals surface area contributed by atoms with E-state index in [0.717, 1.165) is 55.8 Å². The van der Waals surface area contributed by atoms with E-state index in [0.29, 0.717) is 22.7 Å². The molecule has 1 saturated heterocycles. The highest BCUT2D eigenvalue weighted by molar-refractivity contribution is 6.14. The van der Waals surface area contributed by atoms with Crippen molar-refractivity contribution in [2.75, 3.05) is 25.9 Å². The van der Waals surface area contributed by atoms with E-state index >= 15 is 0 Å². The zero-order valence-corrected chi connectivity index (χ0v) is 22.0. The van der Waals surface area contributed by atoms with Crippen LogP contribution in [0.3, 0.4) is 0 Å². The lowest BCUT2D eigenvalue weighted by Gasteiger charge is -2.29. The molecule has 2 fully saturated rings. The van der Waals surface area contributed by atoms with E-state index in [2.05, 4.69) is 22.2 Å². The van der Waals surface area contributed by atoms with Gasteiger partial charge in [0.15, 0.2) is 0 Å². The number of benzene rings is 2. The average Bonchev–Trinajstić information content (AvgIpc) is 3.48. The monoisotopic (exact) mass is 511 g/mol. The number of aromatic nitrogens is 1. The van der Waals surface area contributed by atoms with Crippen LogP contribution in [0, 0.1) is 11.3 Å². The van der Waals surface area contributed by atoms with Gasteiger partial charge in [-0.25, -0.2) is 0 Å². The molecule has 1 amide bonds. The normalized spacial score (nSPS) is 17.7.